The number of hydrogen-bond acceptors (Lipinski definition) is 2. The Labute approximate surface area is 101 Å². The van der Waals surface area contributed by atoms with E-state index in [0.29, 0.717) is 0 Å². The van der Waals surface area contributed by atoms with Gasteiger partial charge in [-0.1, -0.05) is 31.5 Å². The molecule has 2 aromatic rings. The first kappa shape index (κ1) is 11.6. The third-order valence-electron chi connectivity index (χ3n) is 2.94. The third-order valence-corrected chi connectivity index (χ3v) is 4.32. The van der Waals surface area contributed by atoms with Crippen LogP contribution in [0.3, 0.4) is 0 Å². The van der Waals surface area contributed by atoms with Crippen molar-refractivity contribution in [2.45, 2.75) is 33.2 Å². The van der Waals surface area contributed by atoms with Gasteiger partial charge in [-0.3, -0.25) is 0 Å². The van der Waals surface area contributed by atoms with Gasteiger partial charge in [-0.2, -0.15) is 0 Å². The lowest BCUT2D eigenvalue weighted by Crippen LogP contribution is -2.05. The Morgan fingerprint density at radius 2 is 2.12 bits per heavy atom. The molecule has 0 radical (unpaired) electrons. The Balaban J connectivity index is 2.60. The van der Waals surface area contributed by atoms with Gasteiger partial charge in [0, 0.05) is 16.1 Å². The highest BCUT2D eigenvalue weighted by Crippen LogP contribution is 2.34. The molecule has 16 heavy (non-hydrogen) atoms. The zero-order valence-electron chi connectivity index (χ0n) is 10.3. The lowest BCUT2D eigenvalue weighted by molar-refractivity contribution is 0.812. The van der Waals surface area contributed by atoms with Crippen LogP contribution in [0.5, 0.6) is 0 Å². The van der Waals surface area contributed by atoms with Gasteiger partial charge in [-0.25, -0.2) is 0 Å². The molecule has 1 nitrogen and oxygen atoms in total. The topological polar surface area (TPSA) is 12.0 Å². The average molecular weight is 233 g/mol. The van der Waals surface area contributed by atoms with Crippen LogP contribution in [0, 0.1) is 6.92 Å². The number of fused-ring (bicyclic) bond motifs is 1. The molecule has 2 rings (SSSR count). The molecule has 0 fully saturated rings. The van der Waals surface area contributed by atoms with Crippen molar-refractivity contribution in [1.82, 2.24) is 5.32 Å². The van der Waals surface area contributed by atoms with E-state index in [9.17, 15) is 0 Å². The maximum absolute atomic E-state index is 3.27. The second kappa shape index (κ2) is 4.98. The smallest absolute Gasteiger partial charge is 0.0378 e. The van der Waals surface area contributed by atoms with Crippen molar-refractivity contribution in [3.05, 3.63) is 34.2 Å². The van der Waals surface area contributed by atoms with E-state index in [1.165, 1.54) is 33.4 Å². The molecular formula is C14H19NS. The molecule has 1 aromatic carbocycles. The standard InChI is InChI=1S/C14H19NS/c1-4-6-11-12-8-5-7-10(2)14(12)16-13(11)9-15-3/h5,7-8,15H,4,6,9H2,1-3H3. The van der Waals surface area contributed by atoms with Crippen molar-refractivity contribution in [2.24, 2.45) is 0 Å². The first-order valence-corrected chi connectivity index (χ1v) is 6.74. The number of aryl methyl sites for hydroxylation is 2. The van der Waals surface area contributed by atoms with E-state index in [1.807, 2.05) is 18.4 Å². The van der Waals surface area contributed by atoms with Gasteiger partial charge < -0.3 is 5.32 Å². The Morgan fingerprint density at radius 1 is 1.31 bits per heavy atom. The van der Waals surface area contributed by atoms with E-state index < -0.39 is 0 Å². The fourth-order valence-electron chi connectivity index (χ4n) is 2.19. The lowest BCUT2D eigenvalue weighted by atomic mass is 10.0. The minimum Gasteiger partial charge on any atom is -0.315 e. The summed E-state index contributed by atoms with van der Waals surface area (Å²) in [5, 5.41) is 4.74. The second-order valence-electron chi connectivity index (χ2n) is 4.24. The summed E-state index contributed by atoms with van der Waals surface area (Å²) in [6.45, 7) is 5.45. The lowest BCUT2D eigenvalue weighted by Gasteiger charge is -2.02. The van der Waals surface area contributed by atoms with Gasteiger partial charge in [-0.05, 0) is 36.9 Å². The van der Waals surface area contributed by atoms with Crippen LogP contribution in [0.4, 0.5) is 0 Å². The SMILES string of the molecule is CCCc1c(CNC)sc2c(C)cccc12. The van der Waals surface area contributed by atoms with Crippen LogP contribution in [-0.4, -0.2) is 7.05 Å². The second-order valence-corrected chi connectivity index (χ2v) is 5.34. The van der Waals surface area contributed by atoms with Gasteiger partial charge in [0.05, 0.1) is 0 Å². The normalized spacial score (nSPS) is 11.2. The Bertz CT molecular complexity index is 485. The van der Waals surface area contributed by atoms with Crippen LogP contribution in [-0.2, 0) is 13.0 Å². The van der Waals surface area contributed by atoms with Gasteiger partial charge in [0.25, 0.3) is 0 Å². The number of rotatable bonds is 4. The summed E-state index contributed by atoms with van der Waals surface area (Å²) in [5.41, 5.74) is 2.96. The molecule has 1 N–H and O–H groups in total. The van der Waals surface area contributed by atoms with Crippen molar-refractivity contribution in [2.75, 3.05) is 7.05 Å². The molecule has 0 aliphatic carbocycles. The molecule has 0 spiro atoms. The first-order valence-electron chi connectivity index (χ1n) is 5.92. The van der Waals surface area contributed by atoms with Crippen molar-refractivity contribution >= 4 is 21.4 Å². The maximum atomic E-state index is 3.27. The van der Waals surface area contributed by atoms with Gasteiger partial charge >= 0.3 is 0 Å². The summed E-state index contributed by atoms with van der Waals surface area (Å²) in [5.74, 6) is 0. The fraction of sp³-hybridized carbons (Fsp3) is 0.429. The quantitative estimate of drug-likeness (QED) is 0.845. The minimum atomic E-state index is 0.994. The predicted octanol–water partition coefficient (Wildman–Crippen LogP) is 3.88. The van der Waals surface area contributed by atoms with Gasteiger partial charge in [-0.15, -0.1) is 11.3 Å². The predicted molar refractivity (Wildman–Crippen MR) is 73.3 cm³/mol. The van der Waals surface area contributed by atoms with Crippen LogP contribution in [0.25, 0.3) is 10.1 Å². The summed E-state index contributed by atoms with van der Waals surface area (Å²) in [6, 6.07) is 6.65. The minimum absolute atomic E-state index is 0.994. The van der Waals surface area contributed by atoms with E-state index in [4.69, 9.17) is 0 Å². The molecule has 1 aromatic heterocycles. The van der Waals surface area contributed by atoms with E-state index in [2.05, 4.69) is 37.4 Å². The fourth-order valence-corrected chi connectivity index (χ4v) is 3.52. The van der Waals surface area contributed by atoms with Gasteiger partial charge in [0.1, 0.15) is 0 Å². The van der Waals surface area contributed by atoms with Crippen LogP contribution in [0.15, 0.2) is 18.2 Å². The van der Waals surface area contributed by atoms with Crippen molar-refractivity contribution in [3.63, 3.8) is 0 Å². The molecule has 2 heteroatoms. The largest absolute Gasteiger partial charge is 0.315 e. The van der Waals surface area contributed by atoms with Crippen LogP contribution >= 0.6 is 11.3 Å². The average Bonchev–Trinajstić information content (AvgIpc) is 2.61. The molecule has 0 bridgehead atoms. The first-order chi connectivity index (χ1) is 7.77. The Kier molecular flexibility index (Phi) is 3.62. The summed E-state index contributed by atoms with van der Waals surface area (Å²) in [7, 11) is 2.02. The molecule has 86 valence electrons. The van der Waals surface area contributed by atoms with Crippen molar-refractivity contribution < 1.29 is 0 Å². The highest BCUT2D eigenvalue weighted by atomic mass is 32.1. The number of benzene rings is 1. The molecule has 0 amide bonds. The maximum Gasteiger partial charge on any atom is 0.0378 e. The molecule has 0 saturated carbocycles. The highest BCUT2D eigenvalue weighted by molar-refractivity contribution is 7.19. The third kappa shape index (κ3) is 2.00. The van der Waals surface area contributed by atoms with E-state index in [-0.39, 0.29) is 0 Å². The van der Waals surface area contributed by atoms with Gasteiger partial charge in [0.15, 0.2) is 0 Å². The summed E-state index contributed by atoms with van der Waals surface area (Å²) >= 11 is 1.95. The molecule has 0 unspecified atom stereocenters. The molecule has 1 heterocycles. The van der Waals surface area contributed by atoms with Crippen LogP contribution < -0.4 is 5.32 Å². The van der Waals surface area contributed by atoms with Gasteiger partial charge in [0.2, 0.25) is 0 Å². The molecular weight excluding hydrogens is 214 g/mol. The van der Waals surface area contributed by atoms with E-state index >= 15 is 0 Å². The Morgan fingerprint density at radius 3 is 2.81 bits per heavy atom. The molecule has 0 atom stereocenters. The Hall–Kier alpha value is -0.860. The number of hydrogen-bond donors (Lipinski definition) is 1. The number of nitrogens with one attached hydrogen (secondary N) is 1. The number of thiophene rings is 1. The monoisotopic (exact) mass is 233 g/mol. The molecule has 0 saturated heterocycles. The van der Waals surface area contributed by atoms with Crippen molar-refractivity contribution in [1.29, 1.82) is 0 Å². The highest BCUT2D eigenvalue weighted by Gasteiger charge is 2.11. The summed E-state index contributed by atoms with van der Waals surface area (Å²) in [6.07, 6.45) is 2.41. The molecule has 0 aliphatic heterocycles. The van der Waals surface area contributed by atoms with Crippen molar-refractivity contribution in [3.8, 4) is 0 Å². The summed E-state index contributed by atoms with van der Waals surface area (Å²) < 4.78 is 1.47. The van der Waals surface area contributed by atoms with Crippen LogP contribution in [0.1, 0.15) is 29.3 Å². The van der Waals surface area contributed by atoms with E-state index in [0.717, 1.165) is 6.54 Å². The molecule has 0 aliphatic rings. The zero-order valence-corrected chi connectivity index (χ0v) is 11.1. The van der Waals surface area contributed by atoms with Crippen LogP contribution in [0.2, 0.25) is 0 Å². The van der Waals surface area contributed by atoms with E-state index in [1.54, 1.807) is 5.56 Å². The zero-order chi connectivity index (χ0) is 11.5. The summed E-state index contributed by atoms with van der Waals surface area (Å²) in [4.78, 5) is 1.51.